The minimum atomic E-state index is -0.406. The summed E-state index contributed by atoms with van der Waals surface area (Å²) in [6.07, 6.45) is 1.57. The third-order valence-electron chi connectivity index (χ3n) is 4.00. The summed E-state index contributed by atoms with van der Waals surface area (Å²) in [4.78, 5) is 8.06. The van der Waals surface area contributed by atoms with Gasteiger partial charge in [0.25, 0.3) is 0 Å². The normalized spacial score (nSPS) is 12.7. The molecule has 0 saturated heterocycles. The van der Waals surface area contributed by atoms with Crippen LogP contribution in [0.5, 0.6) is 0 Å². The lowest BCUT2D eigenvalue weighted by Crippen LogP contribution is -2.12. The number of rotatable bonds is 2. The molecule has 0 aliphatic heterocycles. The summed E-state index contributed by atoms with van der Waals surface area (Å²) in [6, 6.07) is 13.7. The highest BCUT2D eigenvalue weighted by molar-refractivity contribution is 5.91. The van der Waals surface area contributed by atoms with Gasteiger partial charge in [0, 0.05) is 5.56 Å². The molecule has 0 bridgehead atoms. The van der Waals surface area contributed by atoms with Crippen LogP contribution in [0.4, 0.5) is 11.8 Å². The van der Waals surface area contributed by atoms with Crippen molar-refractivity contribution in [2.75, 3.05) is 11.5 Å². The Labute approximate surface area is 131 Å². The number of fused-ring (bicyclic) bond motifs is 2. The first kappa shape index (κ1) is 13.5. The molecule has 0 amide bonds. The summed E-state index contributed by atoms with van der Waals surface area (Å²) < 4.78 is 5.47. The van der Waals surface area contributed by atoms with E-state index in [1.165, 1.54) is 0 Å². The van der Waals surface area contributed by atoms with Crippen LogP contribution in [0.1, 0.15) is 17.2 Å². The fourth-order valence-corrected chi connectivity index (χ4v) is 2.93. The van der Waals surface area contributed by atoms with E-state index in [2.05, 4.69) is 22.1 Å². The van der Waals surface area contributed by atoms with Gasteiger partial charge >= 0.3 is 0 Å². The van der Waals surface area contributed by atoms with Crippen LogP contribution < -0.4 is 17.2 Å². The van der Waals surface area contributed by atoms with E-state index in [0.717, 1.165) is 21.9 Å². The van der Waals surface area contributed by atoms with Crippen LogP contribution in [0.25, 0.3) is 21.9 Å². The van der Waals surface area contributed by atoms with Crippen LogP contribution in [0.3, 0.4) is 0 Å². The lowest BCUT2D eigenvalue weighted by Gasteiger charge is -2.14. The molecule has 0 aliphatic carbocycles. The summed E-state index contributed by atoms with van der Waals surface area (Å²) in [5.74, 6) is 0.349. The van der Waals surface area contributed by atoms with Crippen molar-refractivity contribution in [1.29, 1.82) is 0 Å². The van der Waals surface area contributed by atoms with Crippen LogP contribution in [-0.4, -0.2) is 9.97 Å². The molecule has 6 N–H and O–H groups in total. The Balaban J connectivity index is 1.94. The molecule has 2 aromatic carbocycles. The summed E-state index contributed by atoms with van der Waals surface area (Å²) in [7, 11) is 0. The molecule has 1 unspecified atom stereocenters. The Bertz CT molecular complexity index is 1020. The van der Waals surface area contributed by atoms with Crippen molar-refractivity contribution >= 4 is 33.6 Å². The number of anilines is 2. The summed E-state index contributed by atoms with van der Waals surface area (Å²) in [5.41, 5.74) is 20.2. The summed E-state index contributed by atoms with van der Waals surface area (Å²) in [6.45, 7) is 0. The number of nitrogens with two attached hydrogens (primary N) is 3. The van der Waals surface area contributed by atoms with Gasteiger partial charge in [-0.05, 0) is 16.3 Å². The van der Waals surface area contributed by atoms with Gasteiger partial charge in [-0.3, -0.25) is 0 Å². The maximum Gasteiger partial charge on any atom is 0.233 e. The van der Waals surface area contributed by atoms with Gasteiger partial charge in [0.1, 0.15) is 5.82 Å². The molecule has 23 heavy (non-hydrogen) atoms. The van der Waals surface area contributed by atoms with Crippen LogP contribution >= 0.6 is 0 Å². The molecule has 2 heterocycles. The number of nitrogen functional groups attached to an aromatic ring is 2. The Hall–Kier alpha value is -3.12. The molecule has 114 valence electrons. The second-order valence-electron chi connectivity index (χ2n) is 5.38. The predicted molar refractivity (Wildman–Crippen MR) is 90.6 cm³/mol. The Morgan fingerprint density at radius 3 is 2.57 bits per heavy atom. The zero-order valence-corrected chi connectivity index (χ0v) is 12.2. The third-order valence-corrected chi connectivity index (χ3v) is 4.00. The van der Waals surface area contributed by atoms with Gasteiger partial charge in [-0.1, -0.05) is 42.5 Å². The van der Waals surface area contributed by atoms with E-state index in [1.54, 1.807) is 6.26 Å². The first-order chi connectivity index (χ1) is 11.1. The number of nitrogens with zero attached hydrogens (tertiary/aromatic N) is 2. The van der Waals surface area contributed by atoms with E-state index >= 15 is 0 Å². The fourth-order valence-electron chi connectivity index (χ4n) is 2.93. The van der Waals surface area contributed by atoms with Crippen molar-refractivity contribution in [3.8, 4) is 0 Å². The topological polar surface area (TPSA) is 117 Å². The Morgan fingerprint density at radius 1 is 0.913 bits per heavy atom. The van der Waals surface area contributed by atoms with Gasteiger partial charge in [-0.2, -0.15) is 9.97 Å². The lowest BCUT2D eigenvalue weighted by atomic mass is 9.94. The largest absolute Gasteiger partial charge is 0.446 e. The minimum Gasteiger partial charge on any atom is -0.446 e. The molecule has 0 fully saturated rings. The molecule has 2 aromatic heterocycles. The van der Waals surface area contributed by atoms with Crippen molar-refractivity contribution < 1.29 is 4.42 Å². The molecule has 4 rings (SSSR count). The molecular formula is C17H15N5O. The number of hydrogen-bond donors (Lipinski definition) is 3. The standard InChI is InChI=1S/C17H15N5O/c18-14(11-7-3-5-9-4-1-2-6-10(9)11)12-8-23-16-13(12)15(19)21-17(20)22-16/h1-8,14H,18H2,(H4,19,20,21,22). The molecular weight excluding hydrogens is 290 g/mol. The molecule has 6 heteroatoms. The molecule has 1 atom stereocenters. The van der Waals surface area contributed by atoms with Crippen molar-refractivity contribution in [2.24, 2.45) is 5.73 Å². The van der Waals surface area contributed by atoms with Gasteiger partial charge in [0.2, 0.25) is 11.7 Å². The van der Waals surface area contributed by atoms with Crippen LogP contribution in [0, 0.1) is 0 Å². The fraction of sp³-hybridized carbons (Fsp3) is 0.0588. The molecule has 0 spiro atoms. The maximum absolute atomic E-state index is 6.50. The van der Waals surface area contributed by atoms with Crippen LogP contribution in [-0.2, 0) is 0 Å². The van der Waals surface area contributed by atoms with E-state index in [4.69, 9.17) is 21.6 Å². The average Bonchev–Trinajstić information content (AvgIpc) is 2.97. The quantitative estimate of drug-likeness (QED) is 0.524. The third kappa shape index (κ3) is 2.08. The van der Waals surface area contributed by atoms with Gasteiger partial charge in [0.15, 0.2) is 0 Å². The van der Waals surface area contributed by atoms with E-state index in [1.807, 2.05) is 30.3 Å². The summed E-state index contributed by atoms with van der Waals surface area (Å²) >= 11 is 0. The highest BCUT2D eigenvalue weighted by atomic mass is 16.3. The van der Waals surface area contributed by atoms with Crippen LogP contribution in [0.2, 0.25) is 0 Å². The van der Waals surface area contributed by atoms with Crippen molar-refractivity contribution in [3.63, 3.8) is 0 Å². The number of aromatic nitrogens is 2. The second kappa shape index (κ2) is 4.96. The van der Waals surface area contributed by atoms with Crippen molar-refractivity contribution in [1.82, 2.24) is 9.97 Å². The van der Waals surface area contributed by atoms with E-state index in [9.17, 15) is 0 Å². The highest BCUT2D eigenvalue weighted by Crippen LogP contribution is 2.34. The van der Waals surface area contributed by atoms with Crippen LogP contribution in [0.15, 0.2) is 53.1 Å². The van der Waals surface area contributed by atoms with Crippen molar-refractivity contribution in [3.05, 3.63) is 59.9 Å². The summed E-state index contributed by atoms with van der Waals surface area (Å²) in [5, 5.41) is 2.83. The highest BCUT2D eigenvalue weighted by Gasteiger charge is 2.20. The first-order valence-electron chi connectivity index (χ1n) is 7.18. The number of benzene rings is 2. The van der Waals surface area contributed by atoms with E-state index in [0.29, 0.717) is 11.1 Å². The predicted octanol–water partition coefficient (Wildman–Crippen LogP) is 2.59. The van der Waals surface area contributed by atoms with Gasteiger partial charge < -0.3 is 21.6 Å². The minimum absolute atomic E-state index is 0.0784. The molecule has 4 aromatic rings. The lowest BCUT2D eigenvalue weighted by molar-refractivity contribution is 0.595. The van der Waals surface area contributed by atoms with E-state index in [-0.39, 0.29) is 11.8 Å². The van der Waals surface area contributed by atoms with Crippen molar-refractivity contribution in [2.45, 2.75) is 6.04 Å². The number of furan rings is 1. The monoisotopic (exact) mass is 305 g/mol. The zero-order chi connectivity index (χ0) is 16.0. The molecule has 0 saturated carbocycles. The molecule has 6 nitrogen and oxygen atoms in total. The Morgan fingerprint density at radius 2 is 1.70 bits per heavy atom. The number of hydrogen-bond acceptors (Lipinski definition) is 6. The first-order valence-corrected chi connectivity index (χ1v) is 7.18. The van der Waals surface area contributed by atoms with Gasteiger partial charge in [0.05, 0.1) is 17.7 Å². The average molecular weight is 305 g/mol. The van der Waals surface area contributed by atoms with Gasteiger partial charge in [-0.25, -0.2) is 0 Å². The smallest absolute Gasteiger partial charge is 0.233 e. The SMILES string of the molecule is Nc1nc(N)c2c(C(N)c3cccc4ccccc34)coc2n1. The molecule has 0 radical (unpaired) electrons. The van der Waals surface area contributed by atoms with E-state index < -0.39 is 6.04 Å². The molecule has 0 aliphatic rings. The maximum atomic E-state index is 6.50. The second-order valence-corrected chi connectivity index (χ2v) is 5.38. The Kier molecular flexibility index (Phi) is 2.92. The zero-order valence-electron chi connectivity index (χ0n) is 12.2. The van der Waals surface area contributed by atoms with Gasteiger partial charge in [-0.15, -0.1) is 0 Å².